The van der Waals surface area contributed by atoms with Crippen molar-refractivity contribution in [3.63, 3.8) is 0 Å². The third kappa shape index (κ3) is 3.32. The van der Waals surface area contributed by atoms with Gasteiger partial charge < -0.3 is 10.6 Å². The minimum Gasteiger partial charge on any atom is -0.352 e. The van der Waals surface area contributed by atoms with Gasteiger partial charge in [-0.05, 0) is 47.3 Å². The molecule has 1 aliphatic rings. The van der Waals surface area contributed by atoms with Crippen molar-refractivity contribution in [1.29, 1.82) is 0 Å². The van der Waals surface area contributed by atoms with Gasteiger partial charge in [-0.1, -0.05) is 12.1 Å². The van der Waals surface area contributed by atoms with Crippen LogP contribution in [-0.2, 0) is 4.79 Å². The van der Waals surface area contributed by atoms with Gasteiger partial charge in [0.1, 0.15) is 0 Å². The Morgan fingerprint density at radius 3 is 2.78 bits per heavy atom. The fourth-order valence-corrected chi connectivity index (χ4v) is 2.03. The Balaban J connectivity index is 1.90. The molecule has 0 radical (unpaired) electrons. The zero-order valence-corrected chi connectivity index (χ0v) is 11.7. The molecule has 2 N–H and O–H groups in total. The average Bonchev–Trinajstić information content (AvgIpc) is 3.13. The summed E-state index contributed by atoms with van der Waals surface area (Å²) in [4.78, 5) is 23.3. The highest BCUT2D eigenvalue weighted by Crippen LogP contribution is 2.21. The lowest BCUT2D eigenvalue weighted by Gasteiger charge is -2.08. The van der Waals surface area contributed by atoms with E-state index in [1.54, 1.807) is 6.07 Å². The summed E-state index contributed by atoms with van der Waals surface area (Å²) in [6, 6.07) is 5.78. The van der Waals surface area contributed by atoms with Crippen LogP contribution in [0.3, 0.4) is 0 Å². The summed E-state index contributed by atoms with van der Waals surface area (Å²) in [5, 5.41) is 5.44. The fraction of sp³-hybridized carbons (Fsp3) is 0.385. The molecule has 0 aromatic heterocycles. The zero-order chi connectivity index (χ0) is 13.1. The van der Waals surface area contributed by atoms with Gasteiger partial charge in [-0.25, -0.2) is 0 Å². The fourth-order valence-electron chi connectivity index (χ4n) is 1.58. The molecular formula is C13H15BrN2O2. The normalized spacial score (nSPS) is 14.1. The van der Waals surface area contributed by atoms with Crippen molar-refractivity contribution in [1.82, 2.24) is 10.6 Å². The van der Waals surface area contributed by atoms with Crippen LogP contribution in [0.4, 0.5) is 0 Å². The molecule has 0 bridgehead atoms. The Morgan fingerprint density at radius 2 is 2.11 bits per heavy atom. The van der Waals surface area contributed by atoms with E-state index >= 15 is 0 Å². The summed E-state index contributed by atoms with van der Waals surface area (Å²) in [5.41, 5.74) is 1.54. The second-order valence-corrected chi connectivity index (χ2v) is 5.25. The summed E-state index contributed by atoms with van der Waals surface area (Å²) >= 11 is 3.38. The molecule has 96 valence electrons. The number of amides is 2. The predicted molar refractivity (Wildman–Crippen MR) is 72.4 cm³/mol. The largest absolute Gasteiger partial charge is 0.352 e. The second-order valence-electron chi connectivity index (χ2n) is 4.46. The molecule has 18 heavy (non-hydrogen) atoms. The topological polar surface area (TPSA) is 58.2 Å². The van der Waals surface area contributed by atoms with E-state index in [0.717, 1.165) is 22.9 Å². The van der Waals surface area contributed by atoms with Crippen LogP contribution in [0, 0.1) is 6.92 Å². The lowest BCUT2D eigenvalue weighted by molar-refractivity contribution is -0.120. The third-order valence-corrected chi connectivity index (χ3v) is 3.84. The van der Waals surface area contributed by atoms with Crippen molar-refractivity contribution in [3.8, 4) is 0 Å². The van der Waals surface area contributed by atoms with Crippen molar-refractivity contribution < 1.29 is 9.59 Å². The van der Waals surface area contributed by atoms with Crippen LogP contribution < -0.4 is 10.6 Å². The molecule has 1 aliphatic carbocycles. The van der Waals surface area contributed by atoms with Crippen molar-refractivity contribution in [2.75, 3.05) is 6.54 Å². The summed E-state index contributed by atoms with van der Waals surface area (Å²) in [5.74, 6) is -0.369. The van der Waals surface area contributed by atoms with Crippen LogP contribution in [0.5, 0.6) is 0 Å². The van der Waals surface area contributed by atoms with Crippen LogP contribution >= 0.6 is 15.9 Å². The summed E-state index contributed by atoms with van der Waals surface area (Å²) in [6.07, 6.45) is 2.09. The van der Waals surface area contributed by atoms with E-state index in [1.165, 1.54) is 0 Å². The number of halogens is 1. The van der Waals surface area contributed by atoms with Gasteiger partial charge >= 0.3 is 0 Å². The van der Waals surface area contributed by atoms with E-state index in [1.807, 2.05) is 19.1 Å². The molecule has 0 spiro atoms. The smallest absolute Gasteiger partial charge is 0.252 e. The highest BCUT2D eigenvalue weighted by Gasteiger charge is 2.23. The van der Waals surface area contributed by atoms with Crippen molar-refractivity contribution in [3.05, 3.63) is 33.8 Å². The summed E-state index contributed by atoms with van der Waals surface area (Å²) < 4.78 is 0.769. The van der Waals surface area contributed by atoms with Crippen molar-refractivity contribution >= 4 is 27.7 Å². The first kappa shape index (κ1) is 13.1. The lowest BCUT2D eigenvalue weighted by atomic mass is 10.1. The van der Waals surface area contributed by atoms with E-state index in [-0.39, 0.29) is 18.4 Å². The summed E-state index contributed by atoms with van der Waals surface area (Å²) in [6.45, 7) is 1.94. The van der Waals surface area contributed by atoms with Crippen molar-refractivity contribution in [2.45, 2.75) is 25.8 Å². The van der Waals surface area contributed by atoms with Gasteiger partial charge in [0, 0.05) is 10.5 Å². The Bertz CT molecular complexity index is 484. The molecule has 1 fully saturated rings. The van der Waals surface area contributed by atoms with Crippen LogP contribution in [0.15, 0.2) is 22.7 Å². The number of nitrogens with one attached hydrogen (secondary N) is 2. The van der Waals surface area contributed by atoms with E-state index in [9.17, 15) is 9.59 Å². The van der Waals surface area contributed by atoms with Crippen LogP contribution in [-0.4, -0.2) is 24.4 Å². The molecule has 5 heteroatoms. The molecule has 0 aliphatic heterocycles. The lowest BCUT2D eigenvalue weighted by Crippen LogP contribution is -2.37. The molecule has 4 nitrogen and oxygen atoms in total. The van der Waals surface area contributed by atoms with Crippen LogP contribution in [0.2, 0.25) is 0 Å². The highest BCUT2D eigenvalue weighted by atomic mass is 79.9. The molecule has 2 amide bonds. The van der Waals surface area contributed by atoms with Gasteiger partial charge in [-0.15, -0.1) is 0 Å². The van der Waals surface area contributed by atoms with Gasteiger partial charge in [0.25, 0.3) is 5.91 Å². The van der Waals surface area contributed by atoms with Gasteiger partial charge in [0.15, 0.2) is 0 Å². The Labute approximate surface area is 114 Å². The maximum Gasteiger partial charge on any atom is 0.252 e. The third-order valence-electron chi connectivity index (χ3n) is 2.79. The van der Waals surface area contributed by atoms with E-state index in [0.29, 0.717) is 11.6 Å². The minimum atomic E-state index is -0.239. The van der Waals surface area contributed by atoms with E-state index in [4.69, 9.17) is 0 Å². The Morgan fingerprint density at radius 1 is 1.39 bits per heavy atom. The maximum atomic E-state index is 11.9. The van der Waals surface area contributed by atoms with Gasteiger partial charge in [-0.3, -0.25) is 9.59 Å². The maximum absolute atomic E-state index is 11.9. The molecule has 0 atom stereocenters. The first-order valence-electron chi connectivity index (χ1n) is 5.90. The number of carbonyl (C=O) groups is 2. The first-order valence-corrected chi connectivity index (χ1v) is 6.70. The molecule has 0 unspecified atom stereocenters. The molecule has 1 saturated carbocycles. The predicted octanol–water partition coefficient (Wildman–Crippen LogP) is 1.77. The molecule has 1 aromatic rings. The van der Waals surface area contributed by atoms with E-state index in [2.05, 4.69) is 26.6 Å². The van der Waals surface area contributed by atoms with Crippen LogP contribution in [0.25, 0.3) is 0 Å². The average molecular weight is 311 g/mol. The molecule has 0 heterocycles. The number of rotatable bonds is 4. The number of benzene rings is 1. The minimum absolute atomic E-state index is 0.0235. The summed E-state index contributed by atoms with van der Waals surface area (Å²) in [7, 11) is 0. The zero-order valence-electron chi connectivity index (χ0n) is 10.1. The second kappa shape index (κ2) is 5.52. The molecule has 0 saturated heterocycles. The molecule has 2 rings (SSSR count). The first-order chi connectivity index (χ1) is 8.58. The monoisotopic (exact) mass is 310 g/mol. The number of aryl methyl sites for hydroxylation is 1. The Hall–Kier alpha value is -1.36. The molecule has 1 aromatic carbocycles. The SMILES string of the molecule is Cc1cccc(C(=O)NCC(=O)NC2CC2)c1Br. The number of hydrogen-bond donors (Lipinski definition) is 2. The van der Waals surface area contributed by atoms with Gasteiger partial charge in [0.2, 0.25) is 5.91 Å². The molecular weight excluding hydrogens is 296 g/mol. The van der Waals surface area contributed by atoms with Gasteiger partial charge in [-0.2, -0.15) is 0 Å². The quantitative estimate of drug-likeness (QED) is 0.890. The standard InChI is InChI=1S/C13H15BrN2O2/c1-8-3-2-4-10(12(8)14)13(18)15-7-11(17)16-9-5-6-9/h2-4,9H,5-7H2,1H3,(H,15,18)(H,16,17). The number of carbonyl (C=O) groups excluding carboxylic acids is 2. The number of hydrogen-bond acceptors (Lipinski definition) is 2. The van der Waals surface area contributed by atoms with Gasteiger partial charge in [0.05, 0.1) is 12.1 Å². The highest BCUT2D eigenvalue weighted by molar-refractivity contribution is 9.10. The van der Waals surface area contributed by atoms with Crippen LogP contribution in [0.1, 0.15) is 28.8 Å². The van der Waals surface area contributed by atoms with Crippen molar-refractivity contribution in [2.24, 2.45) is 0 Å². The Kier molecular flexibility index (Phi) is 4.01. The van der Waals surface area contributed by atoms with E-state index < -0.39 is 0 Å².